The lowest BCUT2D eigenvalue weighted by Gasteiger charge is -2.36. The summed E-state index contributed by atoms with van der Waals surface area (Å²) in [6.45, 7) is 4.03. The molecule has 0 heterocycles. The number of rotatable bonds is 3. The van der Waals surface area contributed by atoms with E-state index in [2.05, 4.69) is 0 Å². The summed E-state index contributed by atoms with van der Waals surface area (Å²) in [5.41, 5.74) is 5.32. The van der Waals surface area contributed by atoms with Crippen LogP contribution < -0.4 is 5.73 Å². The van der Waals surface area contributed by atoms with Crippen LogP contribution in [0.4, 0.5) is 0 Å². The summed E-state index contributed by atoms with van der Waals surface area (Å²) in [5.74, 6) is 0.113. The van der Waals surface area contributed by atoms with Crippen LogP contribution in [0.15, 0.2) is 0 Å². The first-order valence-corrected chi connectivity index (χ1v) is 6.90. The van der Waals surface area contributed by atoms with Gasteiger partial charge in [0.05, 0.1) is 10.4 Å². The normalized spacial score (nSPS) is 19.8. The monoisotopic (exact) mass is 256 g/mol. The fourth-order valence-electron chi connectivity index (χ4n) is 2.47. The van der Waals surface area contributed by atoms with Gasteiger partial charge in [-0.2, -0.15) is 0 Å². The summed E-state index contributed by atoms with van der Waals surface area (Å²) in [6, 6.07) is 0.192. The van der Waals surface area contributed by atoms with Crippen LogP contribution in [-0.2, 0) is 4.79 Å². The molecule has 0 unspecified atom stereocenters. The third-order valence-electron chi connectivity index (χ3n) is 3.93. The second-order valence-corrected chi connectivity index (χ2v) is 5.81. The molecule has 4 heteroatoms. The quantitative estimate of drug-likeness (QED) is 0.623. The van der Waals surface area contributed by atoms with E-state index in [9.17, 15) is 4.79 Å². The molecule has 0 aromatic carbocycles. The molecule has 0 saturated heterocycles. The Balaban J connectivity index is 2.97. The van der Waals surface area contributed by atoms with Gasteiger partial charge in [0.2, 0.25) is 5.91 Å². The molecule has 0 aliphatic heterocycles. The predicted molar refractivity (Wildman–Crippen MR) is 74.8 cm³/mol. The van der Waals surface area contributed by atoms with Gasteiger partial charge in [0.15, 0.2) is 0 Å². The van der Waals surface area contributed by atoms with Crippen LogP contribution in [0.25, 0.3) is 0 Å². The Morgan fingerprint density at radius 3 is 2.06 bits per heavy atom. The highest BCUT2D eigenvalue weighted by atomic mass is 32.1. The number of carbonyl (C=O) groups excluding carboxylic acids is 1. The SMILES string of the molecule is CC(C)N(C)C(=O)C1(C(N)=S)CCCCCC1. The lowest BCUT2D eigenvalue weighted by atomic mass is 9.78. The van der Waals surface area contributed by atoms with E-state index in [1.165, 1.54) is 12.8 Å². The van der Waals surface area contributed by atoms with Crippen molar-refractivity contribution < 1.29 is 4.79 Å². The summed E-state index contributed by atoms with van der Waals surface area (Å²) in [6.07, 6.45) is 6.10. The molecule has 1 fully saturated rings. The Labute approximate surface area is 110 Å². The molecule has 1 amide bonds. The summed E-state index contributed by atoms with van der Waals surface area (Å²) in [7, 11) is 1.85. The van der Waals surface area contributed by atoms with Crippen LogP contribution in [0.2, 0.25) is 0 Å². The molecular weight excluding hydrogens is 232 g/mol. The van der Waals surface area contributed by atoms with Gasteiger partial charge >= 0.3 is 0 Å². The highest BCUT2D eigenvalue weighted by Crippen LogP contribution is 2.37. The number of nitrogens with zero attached hydrogens (tertiary/aromatic N) is 1. The second kappa shape index (κ2) is 5.80. The molecule has 0 atom stereocenters. The summed E-state index contributed by atoms with van der Waals surface area (Å²) in [5, 5.41) is 0. The maximum atomic E-state index is 12.6. The van der Waals surface area contributed by atoms with Gasteiger partial charge in [-0.05, 0) is 26.7 Å². The van der Waals surface area contributed by atoms with Gasteiger partial charge < -0.3 is 10.6 Å². The number of thiocarbonyl (C=S) groups is 1. The van der Waals surface area contributed by atoms with Gasteiger partial charge in [-0.25, -0.2) is 0 Å². The van der Waals surface area contributed by atoms with Crippen molar-refractivity contribution in [3.05, 3.63) is 0 Å². The first-order valence-electron chi connectivity index (χ1n) is 6.49. The highest BCUT2D eigenvalue weighted by molar-refractivity contribution is 7.80. The molecule has 1 aliphatic rings. The molecule has 1 aliphatic carbocycles. The van der Waals surface area contributed by atoms with Crippen molar-refractivity contribution in [2.24, 2.45) is 11.1 Å². The van der Waals surface area contributed by atoms with Crippen molar-refractivity contribution >= 4 is 23.1 Å². The van der Waals surface area contributed by atoms with Gasteiger partial charge in [-0.1, -0.05) is 37.9 Å². The minimum absolute atomic E-state index is 0.113. The number of hydrogen-bond acceptors (Lipinski definition) is 2. The topological polar surface area (TPSA) is 46.3 Å². The average molecular weight is 256 g/mol. The molecule has 1 saturated carbocycles. The Morgan fingerprint density at radius 2 is 1.71 bits per heavy atom. The van der Waals surface area contributed by atoms with Crippen molar-refractivity contribution in [1.82, 2.24) is 4.90 Å². The zero-order chi connectivity index (χ0) is 13.1. The minimum atomic E-state index is -0.579. The van der Waals surface area contributed by atoms with Crippen molar-refractivity contribution in [3.8, 4) is 0 Å². The van der Waals surface area contributed by atoms with Crippen molar-refractivity contribution in [3.63, 3.8) is 0 Å². The van der Waals surface area contributed by atoms with Crippen LogP contribution in [0, 0.1) is 5.41 Å². The summed E-state index contributed by atoms with van der Waals surface area (Å²) < 4.78 is 0. The Kier molecular flexibility index (Phi) is 4.92. The first-order chi connectivity index (χ1) is 7.92. The van der Waals surface area contributed by atoms with E-state index in [1.807, 2.05) is 20.9 Å². The molecule has 2 N–H and O–H groups in total. The van der Waals surface area contributed by atoms with Crippen molar-refractivity contribution in [1.29, 1.82) is 0 Å². The fraction of sp³-hybridized carbons (Fsp3) is 0.846. The largest absolute Gasteiger partial charge is 0.392 e. The maximum Gasteiger partial charge on any atom is 0.235 e. The molecule has 0 radical (unpaired) electrons. The minimum Gasteiger partial charge on any atom is -0.392 e. The average Bonchev–Trinajstić information content (AvgIpc) is 2.53. The first kappa shape index (κ1) is 14.4. The standard InChI is InChI=1S/C13H24N2OS/c1-10(2)15(3)12(16)13(11(14)17)8-6-4-5-7-9-13/h10H,4-9H2,1-3H3,(H2,14,17). The van der Waals surface area contributed by atoms with Crippen LogP contribution in [0.5, 0.6) is 0 Å². The molecule has 0 bridgehead atoms. The van der Waals surface area contributed by atoms with Gasteiger partial charge in [0.1, 0.15) is 0 Å². The molecule has 3 nitrogen and oxygen atoms in total. The third kappa shape index (κ3) is 2.97. The Bertz CT molecular complexity index is 294. The lowest BCUT2D eigenvalue weighted by molar-refractivity contribution is -0.139. The van der Waals surface area contributed by atoms with Gasteiger partial charge in [0.25, 0.3) is 0 Å². The Hall–Kier alpha value is -0.640. The molecule has 17 heavy (non-hydrogen) atoms. The van der Waals surface area contributed by atoms with E-state index in [1.54, 1.807) is 4.90 Å². The van der Waals surface area contributed by atoms with Crippen LogP contribution in [-0.4, -0.2) is 28.9 Å². The lowest BCUT2D eigenvalue weighted by Crippen LogP contribution is -2.51. The number of nitrogens with two attached hydrogens (primary N) is 1. The van der Waals surface area contributed by atoms with E-state index in [0.29, 0.717) is 4.99 Å². The Morgan fingerprint density at radius 1 is 1.24 bits per heavy atom. The molecule has 0 aromatic rings. The zero-order valence-corrected chi connectivity index (χ0v) is 12.0. The molecular formula is C13H24N2OS. The van der Waals surface area contributed by atoms with E-state index in [0.717, 1.165) is 25.7 Å². The van der Waals surface area contributed by atoms with Crippen molar-refractivity contribution in [2.45, 2.75) is 58.4 Å². The van der Waals surface area contributed by atoms with Crippen LogP contribution in [0.3, 0.4) is 0 Å². The van der Waals surface area contributed by atoms with E-state index in [4.69, 9.17) is 18.0 Å². The fourth-order valence-corrected chi connectivity index (χ4v) is 2.76. The summed E-state index contributed by atoms with van der Waals surface area (Å²) in [4.78, 5) is 14.8. The summed E-state index contributed by atoms with van der Waals surface area (Å²) >= 11 is 5.20. The molecule has 0 spiro atoms. The number of amides is 1. The third-order valence-corrected chi connectivity index (χ3v) is 4.32. The molecule has 0 aromatic heterocycles. The van der Waals surface area contributed by atoms with Gasteiger partial charge in [0, 0.05) is 13.1 Å². The van der Waals surface area contributed by atoms with Crippen LogP contribution in [0.1, 0.15) is 52.4 Å². The maximum absolute atomic E-state index is 12.6. The number of hydrogen-bond donors (Lipinski definition) is 1. The van der Waals surface area contributed by atoms with E-state index >= 15 is 0 Å². The van der Waals surface area contributed by atoms with Gasteiger partial charge in [-0.15, -0.1) is 0 Å². The molecule has 1 rings (SSSR count). The predicted octanol–water partition coefficient (Wildman–Crippen LogP) is 2.48. The van der Waals surface area contributed by atoms with Crippen molar-refractivity contribution in [2.75, 3.05) is 7.05 Å². The van der Waals surface area contributed by atoms with E-state index < -0.39 is 5.41 Å². The number of carbonyl (C=O) groups is 1. The van der Waals surface area contributed by atoms with E-state index in [-0.39, 0.29) is 11.9 Å². The molecule has 98 valence electrons. The van der Waals surface area contributed by atoms with Crippen LogP contribution >= 0.6 is 12.2 Å². The smallest absolute Gasteiger partial charge is 0.235 e. The van der Waals surface area contributed by atoms with Gasteiger partial charge in [-0.3, -0.25) is 4.79 Å². The highest BCUT2D eigenvalue weighted by Gasteiger charge is 2.43. The second-order valence-electron chi connectivity index (χ2n) is 5.37. The zero-order valence-electron chi connectivity index (χ0n) is 11.2.